The normalized spacial score (nSPS) is 21.9. The van der Waals surface area contributed by atoms with Gasteiger partial charge in [0.15, 0.2) is 0 Å². The van der Waals surface area contributed by atoms with E-state index in [4.69, 9.17) is 0 Å². The first kappa shape index (κ1) is 5.06. The van der Waals surface area contributed by atoms with E-state index >= 15 is 0 Å². The molecule has 0 saturated carbocycles. The Labute approximate surface area is 44.5 Å². The lowest BCUT2D eigenvalue weighted by Gasteiger charge is -2.31. The number of hydrogen-bond donors (Lipinski definition) is 1. The van der Waals surface area contributed by atoms with Gasteiger partial charge in [-0.05, 0) is 6.42 Å². The molecule has 0 aromatic rings. The molecule has 1 aliphatic heterocycles. The van der Waals surface area contributed by atoms with E-state index in [0.29, 0.717) is 0 Å². The van der Waals surface area contributed by atoms with Gasteiger partial charge in [0.25, 0.3) is 0 Å². The SMILES string of the molecule is CCCN1CNC1. The predicted molar refractivity (Wildman–Crippen MR) is 29.9 cm³/mol. The van der Waals surface area contributed by atoms with Gasteiger partial charge in [-0.1, -0.05) is 6.92 Å². The third-order valence-corrected chi connectivity index (χ3v) is 1.21. The van der Waals surface area contributed by atoms with Gasteiger partial charge in [-0.15, -0.1) is 0 Å². The van der Waals surface area contributed by atoms with Crippen molar-refractivity contribution in [3.63, 3.8) is 0 Å². The van der Waals surface area contributed by atoms with Gasteiger partial charge in [-0.2, -0.15) is 0 Å². The summed E-state index contributed by atoms with van der Waals surface area (Å²) in [7, 11) is 0. The van der Waals surface area contributed by atoms with Gasteiger partial charge < -0.3 is 0 Å². The molecular weight excluding hydrogens is 88.1 g/mol. The maximum Gasteiger partial charge on any atom is 0.0502 e. The van der Waals surface area contributed by atoms with E-state index in [-0.39, 0.29) is 0 Å². The molecule has 1 fully saturated rings. The Morgan fingerprint density at radius 1 is 1.57 bits per heavy atom. The number of rotatable bonds is 2. The highest BCUT2D eigenvalue weighted by molar-refractivity contribution is 4.60. The molecular formula is C5H12N2. The average Bonchev–Trinajstić information content (AvgIpc) is 1.55. The van der Waals surface area contributed by atoms with Crippen molar-refractivity contribution in [2.75, 3.05) is 19.9 Å². The van der Waals surface area contributed by atoms with Gasteiger partial charge in [-0.3, -0.25) is 10.2 Å². The molecule has 2 nitrogen and oxygen atoms in total. The molecule has 0 atom stereocenters. The van der Waals surface area contributed by atoms with Crippen LogP contribution >= 0.6 is 0 Å². The molecule has 0 aromatic carbocycles. The summed E-state index contributed by atoms with van der Waals surface area (Å²) in [5.41, 5.74) is 0. The molecule has 1 heterocycles. The minimum absolute atomic E-state index is 1.10. The van der Waals surface area contributed by atoms with Crippen LogP contribution in [0.3, 0.4) is 0 Å². The largest absolute Gasteiger partial charge is 0.291 e. The molecule has 1 rings (SSSR count). The highest BCUT2D eigenvalue weighted by Gasteiger charge is 2.08. The van der Waals surface area contributed by atoms with Crippen molar-refractivity contribution in [2.45, 2.75) is 13.3 Å². The van der Waals surface area contributed by atoms with E-state index in [9.17, 15) is 0 Å². The first-order valence-corrected chi connectivity index (χ1v) is 2.86. The Balaban J connectivity index is 1.93. The van der Waals surface area contributed by atoms with Gasteiger partial charge in [0.05, 0.1) is 13.3 Å². The van der Waals surface area contributed by atoms with E-state index in [2.05, 4.69) is 17.1 Å². The molecule has 0 bridgehead atoms. The van der Waals surface area contributed by atoms with E-state index < -0.39 is 0 Å². The zero-order valence-electron chi connectivity index (χ0n) is 4.78. The van der Waals surface area contributed by atoms with E-state index in [1.807, 2.05) is 0 Å². The molecule has 1 N–H and O–H groups in total. The fourth-order valence-electron chi connectivity index (χ4n) is 0.744. The second-order valence-electron chi connectivity index (χ2n) is 1.96. The van der Waals surface area contributed by atoms with Gasteiger partial charge in [-0.25, -0.2) is 0 Å². The van der Waals surface area contributed by atoms with Crippen molar-refractivity contribution in [1.29, 1.82) is 0 Å². The van der Waals surface area contributed by atoms with Crippen molar-refractivity contribution in [3.05, 3.63) is 0 Å². The third-order valence-electron chi connectivity index (χ3n) is 1.21. The van der Waals surface area contributed by atoms with Crippen LogP contribution in [0.4, 0.5) is 0 Å². The third kappa shape index (κ3) is 1.14. The van der Waals surface area contributed by atoms with Gasteiger partial charge >= 0.3 is 0 Å². The first-order valence-electron chi connectivity index (χ1n) is 2.86. The Kier molecular flexibility index (Phi) is 1.65. The van der Waals surface area contributed by atoms with Crippen LogP contribution in [-0.2, 0) is 0 Å². The van der Waals surface area contributed by atoms with Crippen LogP contribution in [0.1, 0.15) is 13.3 Å². The van der Waals surface area contributed by atoms with Crippen LogP contribution in [0.5, 0.6) is 0 Å². The monoisotopic (exact) mass is 100 g/mol. The molecule has 1 aliphatic rings. The highest BCUT2D eigenvalue weighted by Crippen LogP contribution is 1.92. The standard InChI is InChI=1S/C5H12N2/c1-2-3-7-4-6-5-7/h6H,2-5H2,1H3. The molecule has 0 amide bonds. The smallest absolute Gasteiger partial charge is 0.0502 e. The summed E-state index contributed by atoms with van der Waals surface area (Å²) >= 11 is 0. The molecule has 0 radical (unpaired) electrons. The van der Waals surface area contributed by atoms with Crippen molar-refractivity contribution < 1.29 is 0 Å². The molecule has 0 unspecified atom stereocenters. The Hall–Kier alpha value is -0.0800. The molecule has 0 spiro atoms. The summed E-state index contributed by atoms with van der Waals surface area (Å²) in [4.78, 5) is 2.38. The number of nitrogens with one attached hydrogen (secondary N) is 1. The lowest BCUT2D eigenvalue weighted by molar-refractivity contribution is 0.139. The fourth-order valence-corrected chi connectivity index (χ4v) is 0.744. The second kappa shape index (κ2) is 2.28. The molecule has 7 heavy (non-hydrogen) atoms. The van der Waals surface area contributed by atoms with Gasteiger partial charge in [0.2, 0.25) is 0 Å². The Morgan fingerprint density at radius 3 is 2.43 bits per heavy atom. The fraction of sp³-hybridized carbons (Fsp3) is 1.00. The van der Waals surface area contributed by atoms with Gasteiger partial charge in [0, 0.05) is 6.54 Å². The molecule has 1 saturated heterocycles. The number of hydrogen-bond acceptors (Lipinski definition) is 2. The lowest BCUT2D eigenvalue weighted by atomic mass is 10.4. The zero-order valence-corrected chi connectivity index (χ0v) is 4.78. The summed E-state index contributed by atoms with van der Waals surface area (Å²) in [5.74, 6) is 0. The highest BCUT2D eigenvalue weighted by atomic mass is 15.4. The van der Waals surface area contributed by atoms with Crippen molar-refractivity contribution in [1.82, 2.24) is 10.2 Å². The maximum atomic E-state index is 3.17. The first-order chi connectivity index (χ1) is 3.43. The van der Waals surface area contributed by atoms with Crippen molar-refractivity contribution in [3.8, 4) is 0 Å². The zero-order chi connectivity index (χ0) is 5.11. The molecule has 0 aliphatic carbocycles. The Bertz CT molecular complexity index is 50.0. The van der Waals surface area contributed by atoms with E-state index in [0.717, 1.165) is 13.3 Å². The molecule has 42 valence electrons. The van der Waals surface area contributed by atoms with Crippen LogP contribution in [0.25, 0.3) is 0 Å². The minimum Gasteiger partial charge on any atom is -0.291 e. The molecule has 2 heteroatoms. The van der Waals surface area contributed by atoms with Crippen LogP contribution in [-0.4, -0.2) is 24.8 Å². The molecule has 0 aromatic heterocycles. The quantitative estimate of drug-likeness (QED) is 0.534. The van der Waals surface area contributed by atoms with Crippen LogP contribution in [0, 0.1) is 0 Å². The maximum absolute atomic E-state index is 3.17. The predicted octanol–water partition coefficient (Wildman–Crippen LogP) is 0.217. The van der Waals surface area contributed by atoms with Crippen molar-refractivity contribution in [2.24, 2.45) is 0 Å². The van der Waals surface area contributed by atoms with E-state index in [1.165, 1.54) is 13.0 Å². The number of nitrogens with zero attached hydrogens (tertiary/aromatic N) is 1. The van der Waals surface area contributed by atoms with Crippen LogP contribution < -0.4 is 5.32 Å². The second-order valence-corrected chi connectivity index (χ2v) is 1.96. The summed E-state index contributed by atoms with van der Waals surface area (Å²) in [6, 6.07) is 0. The van der Waals surface area contributed by atoms with E-state index in [1.54, 1.807) is 0 Å². The summed E-state index contributed by atoms with van der Waals surface area (Å²) < 4.78 is 0. The van der Waals surface area contributed by atoms with Crippen molar-refractivity contribution >= 4 is 0 Å². The Morgan fingerprint density at radius 2 is 2.29 bits per heavy atom. The summed E-state index contributed by atoms with van der Waals surface area (Å²) in [6.07, 6.45) is 1.28. The van der Waals surface area contributed by atoms with Crippen LogP contribution in [0.2, 0.25) is 0 Å². The lowest BCUT2D eigenvalue weighted by Crippen LogP contribution is -2.51. The van der Waals surface area contributed by atoms with Gasteiger partial charge in [0.1, 0.15) is 0 Å². The summed E-state index contributed by atoms with van der Waals surface area (Å²) in [5, 5.41) is 3.17. The minimum atomic E-state index is 1.10. The average molecular weight is 100 g/mol. The van der Waals surface area contributed by atoms with Crippen LogP contribution in [0.15, 0.2) is 0 Å². The topological polar surface area (TPSA) is 15.3 Å². The summed E-state index contributed by atoms with van der Waals surface area (Å²) in [6.45, 7) is 5.67.